The van der Waals surface area contributed by atoms with Crippen LogP contribution in [0.2, 0.25) is 5.02 Å². The minimum absolute atomic E-state index is 0.141. The van der Waals surface area contributed by atoms with Gasteiger partial charge in [-0.15, -0.1) is 0 Å². The van der Waals surface area contributed by atoms with Crippen LogP contribution in [0, 0.1) is 0 Å². The minimum atomic E-state index is -3.75. The molecule has 0 atom stereocenters. The molecule has 6 nitrogen and oxygen atoms in total. The van der Waals surface area contributed by atoms with Gasteiger partial charge >= 0.3 is 0 Å². The standard InChI is InChI=1S/C12H10ClN3O3S2/c1-19-12-10(6-20-15-12)16-21(17,18)11-5-14-9-4-7(13)2-3-8(9)11/h2-6,14,16H,1H3. The third kappa shape index (κ3) is 2.57. The van der Waals surface area contributed by atoms with Crippen molar-refractivity contribution >= 4 is 49.7 Å². The smallest absolute Gasteiger partial charge is 0.264 e. The van der Waals surface area contributed by atoms with Gasteiger partial charge in [0.25, 0.3) is 10.0 Å². The first-order valence-corrected chi connectivity index (χ1v) is 8.49. The summed E-state index contributed by atoms with van der Waals surface area (Å²) in [6, 6.07) is 4.97. The first-order chi connectivity index (χ1) is 10.0. The Hall–Kier alpha value is -1.77. The number of aromatic amines is 1. The molecular weight excluding hydrogens is 334 g/mol. The summed E-state index contributed by atoms with van der Waals surface area (Å²) in [4.78, 5) is 3.04. The third-order valence-corrected chi connectivity index (χ3v) is 5.12. The zero-order valence-corrected chi connectivity index (χ0v) is 13.1. The zero-order chi connectivity index (χ0) is 15.0. The average molecular weight is 344 g/mol. The van der Waals surface area contributed by atoms with E-state index in [1.54, 1.807) is 23.6 Å². The average Bonchev–Trinajstić information content (AvgIpc) is 3.04. The summed E-state index contributed by atoms with van der Waals surface area (Å²) in [6.07, 6.45) is 1.43. The fourth-order valence-corrected chi connectivity index (χ4v) is 4.00. The topological polar surface area (TPSA) is 84.1 Å². The van der Waals surface area contributed by atoms with Crippen LogP contribution in [0.25, 0.3) is 10.9 Å². The molecule has 110 valence electrons. The maximum absolute atomic E-state index is 12.5. The number of halogens is 1. The molecule has 0 aliphatic rings. The second-order valence-electron chi connectivity index (χ2n) is 4.19. The third-order valence-electron chi connectivity index (χ3n) is 2.87. The van der Waals surface area contributed by atoms with Crippen LogP contribution in [-0.2, 0) is 10.0 Å². The maximum Gasteiger partial charge on any atom is 0.264 e. The van der Waals surface area contributed by atoms with E-state index < -0.39 is 10.0 Å². The van der Waals surface area contributed by atoms with Gasteiger partial charge in [0.1, 0.15) is 10.6 Å². The van der Waals surface area contributed by atoms with Crippen LogP contribution in [0.1, 0.15) is 0 Å². The second kappa shape index (κ2) is 5.21. The molecule has 9 heteroatoms. The Labute approximate surface area is 129 Å². The number of methoxy groups -OCH3 is 1. The van der Waals surface area contributed by atoms with E-state index in [0.29, 0.717) is 21.6 Å². The summed E-state index contributed by atoms with van der Waals surface area (Å²) in [5, 5.41) is 2.67. The minimum Gasteiger partial charge on any atom is -0.479 e. The van der Waals surface area contributed by atoms with Crippen molar-refractivity contribution in [1.29, 1.82) is 0 Å². The molecule has 0 saturated carbocycles. The molecule has 3 aromatic rings. The van der Waals surface area contributed by atoms with Gasteiger partial charge in [0, 0.05) is 27.5 Å². The first-order valence-electron chi connectivity index (χ1n) is 5.79. The molecule has 1 aromatic carbocycles. The molecule has 0 aliphatic heterocycles. The van der Waals surface area contributed by atoms with Crippen LogP contribution >= 0.6 is 23.1 Å². The Morgan fingerprint density at radius 1 is 1.43 bits per heavy atom. The normalized spacial score (nSPS) is 11.7. The number of benzene rings is 1. The number of hydrogen-bond acceptors (Lipinski definition) is 5. The molecular formula is C12H10ClN3O3S2. The molecule has 2 N–H and O–H groups in total. The lowest BCUT2D eigenvalue weighted by atomic mass is 10.2. The van der Waals surface area contributed by atoms with Crippen molar-refractivity contribution in [2.75, 3.05) is 11.8 Å². The summed E-state index contributed by atoms with van der Waals surface area (Å²) >= 11 is 7.00. The number of fused-ring (bicyclic) bond motifs is 1. The molecule has 0 radical (unpaired) electrons. The van der Waals surface area contributed by atoms with E-state index in [0.717, 1.165) is 11.5 Å². The van der Waals surface area contributed by atoms with Crippen molar-refractivity contribution in [3.8, 4) is 5.88 Å². The van der Waals surface area contributed by atoms with Gasteiger partial charge in [-0.3, -0.25) is 4.72 Å². The van der Waals surface area contributed by atoms with Gasteiger partial charge < -0.3 is 9.72 Å². The molecule has 0 bridgehead atoms. The molecule has 3 rings (SSSR count). The molecule has 2 heterocycles. The van der Waals surface area contributed by atoms with Gasteiger partial charge in [0.15, 0.2) is 0 Å². The van der Waals surface area contributed by atoms with E-state index in [9.17, 15) is 8.42 Å². The molecule has 21 heavy (non-hydrogen) atoms. The van der Waals surface area contributed by atoms with Gasteiger partial charge in [-0.2, -0.15) is 4.37 Å². The molecule has 0 saturated heterocycles. The van der Waals surface area contributed by atoms with Crippen LogP contribution in [0.3, 0.4) is 0 Å². The molecule has 0 spiro atoms. The van der Waals surface area contributed by atoms with Gasteiger partial charge in [-0.05, 0) is 29.7 Å². The van der Waals surface area contributed by atoms with Crippen molar-refractivity contribution in [2.24, 2.45) is 0 Å². The van der Waals surface area contributed by atoms with Gasteiger partial charge in [0.2, 0.25) is 5.88 Å². The zero-order valence-electron chi connectivity index (χ0n) is 10.8. The van der Waals surface area contributed by atoms with Gasteiger partial charge in [-0.1, -0.05) is 11.6 Å². The van der Waals surface area contributed by atoms with E-state index in [4.69, 9.17) is 16.3 Å². The predicted octanol–water partition coefficient (Wildman–Crippen LogP) is 3.09. The highest BCUT2D eigenvalue weighted by Gasteiger charge is 2.21. The number of ether oxygens (including phenoxy) is 1. The number of H-pyrrole nitrogens is 1. The monoisotopic (exact) mass is 343 g/mol. The number of rotatable bonds is 4. The van der Waals surface area contributed by atoms with Crippen LogP contribution in [0.5, 0.6) is 5.88 Å². The fraction of sp³-hybridized carbons (Fsp3) is 0.0833. The highest BCUT2D eigenvalue weighted by molar-refractivity contribution is 7.93. The Morgan fingerprint density at radius 3 is 3.00 bits per heavy atom. The SMILES string of the molecule is COc1nscc1NS(=O)(=O)c1c[nH]c2cc(Cl)ccc12. The molecule has 0 aliphatic carbocycles. The van der Waals surface area contributed by atoms with Crippen LogP contribution in [0.15, 0.2) is 34.7 Å². The van der Waals surface area contributed by atoms with Crippen molar-refractivity contribution in [2.45, 2.75) is 4.90 Å². The summed E-state index contributed by atoms with van der Waals surface area (Å²) < 4.78 is 36.4. The quantitative estimate of drug-likeness (QED) is 0.762. The van der Waals surface area contributed by atoms with Crippen molar-refractivity contribution < 1.29 is 13.2 Å². The fourth-order valence-electron chi connectivity index (χ4n) is 1.94. The van der Waals surface area contributed by atoms with E-state index in [-0.39, 0.29) is 10.8 Å². The number of hydrogen-bond donors (Lipinski definition) is 2. The largest absolute Gasteiger partial charge is 0.479 e. The predicted molar refractivity (Wildman–Crippen MR) is 82.8 cm³/mol. The van der Waals surface area contributed by atoms with E-state index in [2.05, 4.69) is 14.1 Å². The van der Waals surface area contributed by atoms with E-state index >= 15 is 0 Å². The number of anilines is 1. The second-order valence-corrected chi connectivity index (χ2v) is 6.90. The van der Waals surface area contributed by atoms with E-state index in [1.165, 1.54) is 13.3 Å². The van der Waals surface area contributed by atoms with Gasteiger partial charge in [-0.25, -0.2) is 8.42 Å². The summed E-state index contributed by atoms with van der Waals surface area (Å²) in [5.74, 6) is 0.242. The maximum atomic E-state index is 12.5. The summed E-state index contributed by atoms with van der Waals surface area (Å²) in [5.41, 5.74) is 0.962. The van der Waals surface area contributed by atoms with Crippen molar-refractivity contribution in [1.82, 2.24) is 9.36 Å². The number of aromatic nitrogens is 2. The first kappa shape index (κ1) is 14.2. The highest BCUT2D eigenvalue weighted by Crippen LogP contribution is 2.30. The number of sulfonamides is 1. The van der Waals surface area contributed by atoms with Crippen LogP contribution in [-0.4, -0.2) is 24.9 Å². The number of nitrogens with one attached hydrogen (secondary N) is 2. The van der Waals surface area contributed by atoms with Crippen molar-refractivity contribution in [3.63, 3.8) is 0 Å². The summed E-state index contributed by atoms with van der Waals surface area (Å²) in [6.45, 7) is 0. The Kier molecular flexibility index (Phi) is 3.52. The molecule has 2 aromatic heterocycles. The van der Waals surface area contributed by atoms with E-state index in [1.807, 2.05) is 0 Å². The van der Waals surface area contributed by atoms with Crippen LogP contribution < -0.4 is 9.46 Å². The molecule has 0 unspecified atom stereocenters. The lowest BCUT2D eigenvalue weighted by Crippen LogP contribution is -2.12. The van der Waals surface area contributed by atoms with Gasteiger partial charge in [0.05, 0.1) is 7.11 Å². The van der Waals surface area contributed by atoms with Crippen molar-refractivity contribution in [3.05, 3.63) is 34.8 Å². The lowest BCUT2D eigenvalue weighted by molar-refractivity contribution is 0.405. The Morgan fingerprint density at radius 2 is 2.24 bits per heavy atom. The highest BCUT2D eigenvalue weighted by atomic mass is 35.5. The summed E-state index contributed by atoms with van der Waals surface area (Å²) in [7, 11) is -2.32. The Bertz CT molecular complexity index is 902. The lowest BCUT2D eigenvalue weighted by Gasteiger charge is -2.06. The number of nitrogens with zero attached hydrogens (tertiary/aromatic N) is 1. The Balaban J connectivity index is 2.04. The molecule has 0 amide bonds. The van der Waals surface area contributed by atoms with Crippen LogP contribution in [0.4, 0.5) is 5.69 Å². The molecule has 0 fully saturated rings.